The Morgan fingerprint density at radius 2 is 1.95 bits per heavy atom. The fraction of sp³-hybridized carbons (Fsp3) is 0.562. The lowest BCUT2D eigenvalue weighted by Gasteiger charge is -2.24. The molecule has 3 atom stereocenters. The van der Waals surface area contributed by atoms with Crippen molar-refractivity contribution >= 4 is 16.7 Å². The Labute approximate surface area is 129 Å². The van der Waals surface area contributed by atoms with Gasteiger partial charge < -0.3 is 4.90 Å². The second-order valence-corrected chi connectivity index (χ2v) is 7.47. The largest absolute Gasteiger partial charge is 0.320 e. The molecule has 116 valence electrons. The van der Waals surface area contributed by atoms with E-state index in [9.17, 15) is 9.00 Å². The Hall–Kier alpha value is -1.20. The molecule has 1 amide bonds. The number of amides is 1. The summed E-state index contributed by atoms with van der Waals surface area (Å²) in [7, 11) is -0.900. The molecule has 1 saturated heterocycles. The summed E-state index contributed by atoms with van der Waals surface area (Å²) in [6.07, 6.45) is 2.28. The monoisotopic (exact) mass is 308 g/mol. The SMILES string of the molecule is CCC1(C)NC(c2ccc(C)cc2)N(CCS(C)=O)C1=O. The van der Waals surface area contributed by atoms with Gasteiger partial charge in [0.1, 0.15) is 6.17 Å². The molecule has 1 aromatic carbocycles. The van der Waals surface area contributed by atoms with Crippen molar-refractivity contribution < 1.29 is 9.00 Å². The van der Waals surface area contributed by atoms with E-state index in [1.54, 1.807) is 6.26 Å². The van der Waals surface area contributed by atoms with Crippen molar-refractivity contribution in [3.05, 3.63) is 35.4 Å². The highest BCUT2D eigenvalue weighted by Crippen LogP contribution is 2.32. The zero-order chi connectivity index (χ0) is 15.6. The maximum atomic E-state index is 12.7. The van der Waals surface area contributed by atoms with E-state index in [0.717, 1.165) is 12.0 Å². The predicted octanol–water partition coefficient (Wildman–Crippen LogP) is 1.97. The van der Waals surface area contributed by atoms with E-state index in [1.807, 2.05) is 25.7 Å². The number of rotatable bonds is 5. The van der Waals surface area contributed by atoms with Gasteiger partial charge in [-0.15, -0.1) is 0 Å². The van der Waals surface area contributed by atoms with Gasteiger partial charge in [0.2, 0.25) is 5.91 Å². The average Bonchev–Trinajstić information content (AvgIpc) is 2.70. The minimum Gasteiger partial charge on any atom is -0.320 e. The van der Waals surface area contributed by atoms with Crippen LogP contribution in [0.4, 0.5) is 0 Å². The van der Waals surface area contributed by atoms with Crippen LogP contribution in [0, 0.1) is 6.92 Å². The van der Waals surface area contributed by atoms with E-state index in [2.05, 4.69) is 29.6 Å². The third-order valence-corrected chi connectivity index (χ3v) is 4.98. The van der Waals surface area contributed by atoms with Gasteiger partial charge in [-0.3, -0.25) is 14.3 Å². The smallest absolute Gasteiger partial charge is 0.244 e. The summed E-state index contributed by atoms with van der Waals surface area (Å²) in [5.74, 6) is 0.608. The quantitative estimate of drug-likeness (QED) is 0.905. The van der Waals surface area contributed by atoms with E-state index in [0.29, 0.717) is 12.3 Å². The summed E-state index contributed by atoms with van der Waals surface area (Å²) in [4.78, 5) is 14.5. The summed E-state index contributed by atoms with van der Waals surface area (Å²) < 4.78 is 11.4. The fourth-order valence-electron chi connectivity index (χ4n) is 2.60. The van der Waals surface area contributed by atoms with Gasteiger partial charge >= 0.3 is 0 Å². The van der Waals surface area contributed by atoms with Crippen LogP contribution in [0.25, 0.3) is 0 Å². The Morgan fingerprint density at radius 1 is 1.33 bits per heavy atom. The highest BCUT2D eigenvalue weighted by atomic mass is 32.2. The van der Waals surface area contributed by atoms with Gasteiger partial charge in [0, 0.05) is 29.4 Å². The van der Waals surface area contributed by atoms with Gasteiger partial charge in [-0.25, -0.2) is 0 Å². The molecule has 0 aromatic heterocycles. The number of nitrogens with zero attached hydrogens (tertiary/aromatic N) is 1. The first-order valence-corrected chi connectivity index (χ1v) is 9.05. The lowest BCUT2D eigenvalue weighted by Crippen LogP contribution is -2.43. The molecule has 1 aliphatic heterocycles. The summed E-state index contributed by atoms with van der Waals surface area (Å²) in [5, 5.41) is 3.45. The van der Waals surface area contributed by atoms with Crippen LogP contribution in [0.5, 0.6) is 0 Å². The first-order chi connectivity index (χ1) is 9.87. The third kappa shape index (κ3) is 3.35. The topological polar surface area (TPSA) is 49.4 Å². The van der Waals surface area contributed by atoms with Gasteiger partial charge in [0.05, 0.1) is 5.54 Å². The Bertz CT molecular complexity index is 544. The van der Waals surface area contributed by atoms with Crippen molar-refractivity contribution in [1.82, 2.24) is 10.2 Å². The summed E-state index contributed by atoms with van der Waals surface area (Å²) in [5.41, 5.74) is 1.74. The predicted molar refractivity (Wildman–Crippen MR) is 86.4 cm³/mol. The van der Waals surface area contributed by atoms with Crippen LogP contribution >= 0.6 is 0 Å². The molecule has 0 aliphatic carbocycles. The van der Waals surface area contributed by atoms with Crippen molar-refractivity contribution in [2.24, 2.45) is 0 Å². The molecule has 0 bridgehead atoms. The molecule has 1 aromatic rings. The Kier molecular flexibility index (Phi) is 4.84. The van der Waals surface area contributed by atoms with Crippen molar-refractivity contribution in [2.75, 3.05) is 18.6 Å². The minimum atomic E-state index is -0.900. The lowest BCUT2D eigenvalue weighted by molar-refractivity contribution is -0.132. The minimum absolute atomic E-state index is 0.0982. The molecule has 1 N–H and O–H groups in total. The van der Waals surface area contributed by atoms with E-state index in [1.165, 1.54) is 5.56 Å². The molecule has 1 heterocycles. The van der Waals surface area contributed by atoms with Gasteiger partial charge in [0.15, 0.2) is 0 Å². The van der Waals surface area contributed by atoms with Crippen molar-refractivity contribution in [3.63, 3.8) is 0 Å². The highest BCUT2D eigenvalue weighted by Gasteiger charge is 2.46. The molecule has 1 aliphatic rings. The molecule has 2 rings (SSSR count). The molecule has 21 heavy (non-hydrogen) atoms. The molecule has 0 saturated carbocycles. The molecule has 0 spiro atoms. The second-order valence-electron chi connectivity index (χ2n) is 5.92. The highest BCUT2D eigenvalue weighted by molar-refractivity contribution is 7.84. The molecule has 3 unspecified atom stereocenters. The van der Waals surface area contributed by atoms with Crippen LogP contribution < -0.4 is 5.32 Å². The van der Waals surface area contributed by atoms with Gasteiger partial charge in [0.25, 0.3) is 0 Å². The van der Waals surface area contributed by atoms with E-state index in [-0.39, 0.29) is 12.1 Å². The zero-order valence-electron chi connectivity index (χ0n) is 13.2. The lowest BCUT2D eigenvalue weighted by atomic mass is 9.99. The normalized spacial score (nSPS) is 27.1. The number of carbonyl (C=O) groups excluding carboxylic acids is 1. The van der Waals surface area contributed by atoms with Gasteiger partial charge in [-0.2, -0.15) is 0 Å². The Morgan fingerprint density at radius 3 is 2.48 bits per heavy atom. The molecular weight excluding hydrogens is 284 g/mol. The van der Waals surface area contributed by atoms with Crippen LogP contribution in [0.3, 0.4) is 0 Å². The number of carbonyl (C=O) groups is 1. The van der Waals surface area contributed by atoms with E-state index >= 15 is 0 Å². The first-order valence-electron chi connectivity index (χ1n) is 7.33. The standard InChI is InChI=1S/C16H24N2O2S/c1-5-16(3)15(19)18(10-11-21(4)20)14(17-16)13-8-6-12(2)7-9-13/h6-9,14,17H,5,10-11H2,1-4H3. The number of nitrogens with one attached hydrogen (secondary N) is 1. The molecule has 1 fully saturated rings. The first kappa shape index (κ1) is 16.2. The summed E-state index contributed by atoms with van der Waals surface area (Å²) >= 11 is 0. The maximum absolute atomic E-state index is 12.7. The summed E-state index contributed by atoms with van der Waals surface area (Å²) in [6, 6.07) is 8.22. The van der Waals surface area contributed by atoms with Crippen LogP contribution in [0.1, 0.15) is 37.6 Å². The molecule has 5 heteroatoms. The Balaban J connectivity index is 2.29. The summed E-state index contributed by atoms with van der Waals surface area (Å²) in [6.45, 7) is 6.52. The molecule has 0 radical (unpaired) electrons. The van der Waals surface area contributed by atoms with Crippen LogP contribution in [0.15, 0.2) is 24.3 Å². The third-order valence-electron chi connectivity index (χ3n) is 4.22. The zero-order valence-corrected chi connectivity index (χ0v) is 14.0. The maximum Gasteiger partial charge on any atom is 0.244 e. The van der Waals surface area contributed by atoms with Crippen LogP contribution in [-0.2, 0) is 15.6 Å². The molecular formula is C16H24N2O2S. The van der Waals surface area contributed by atoms with Crippen LogP contribution in [-0.4, -0.2) is 39.1 Å². The van der Waals surface area contributed by atoms with Crippen molar-refractivity contribution in [1.29, 1.82) is 0 Å². The van der Waals surface area contributed by atoms with E-state index < -0.39 is 16.3 Å². The van der Waals surface area contributed by atoms with E-state index in [4.69, 9.17) is 0 Å². The second kappa shape index (κ2) is 6.28. The number of hydrogen-bond donors (Lipinski definition) is 1. The van der Waals surface area contributed by atoms with Crippen molar-refractivity contribution in [3.8, 4) is 0 Å². The number of benzene rings is 1. The molecule has 4 nitrogen and oxygen atoms in total. The van der Waals surface area contributed by atoms with Gasteiger partial charge in [-0.1, -0.05) is 36.8 Å². The van der Waals surface area contributed by atoms with Crippen molar-refractivity contribution in [2.45, 2.75) is 38.9 Å². The fourth-order valence-corrected chi connectivity index (χ4v) is 3.05. The number of hydrogen-bond acceptors (Lipinski definition) is 3. The number of aryl methyl sites for hydroxylation is 1. The van der Waals surface area contributed by atoms with Crippen LogP contribution in [0.2, 0.25) is 0 Å². The average molecular weight is 308 g/mol. The van der Waals surface area contributed by atoms with Gasteiger partial charge in [-0.05, 0) is 25.8 Å².